The Morgan fingerprint density at radius 3 is 2.83 bits per heavy atom. The molecule has 2 aliphatic rings. The van der Waals surface area contributed by atoms with Crippen LogP contribution in [-0.4, -0.2) is 46.9 Å². The van der Waals surface area contributed by atoms with E-state index in [1.807, 2.05) is 31.2 Å². The Hall–Kier alpha value is -3.23. The minimum Gasteiger partial charge on any atom is -0.497 e. The van der Waals surface area contributed by atoms with Crippen molar-refractivity contribution in [3.05, 3.63) is 59.0 Å². The normalized spacial score (nSPS) is 18.1. The van der Waals surface area contributed by atoms with Crippen LogP contribution >= 0.6 is 0 Å². The largest absolute Gasteiger partial charge is 0.497 e. The maximum absolute atomic E-state index is 13.1. The van der Waals surface area contributed by atoms with Crippen LogP contribution in [0, 0.1) is 0 Å². The molecule has 0 bridgehead atoms. The molecule has 8 nitrogen and oxygen atoms in total. The van der Waals surface area contributed by atoms with E-state index in [1.54, 1.807) is 19.2 Å². The van der Waals surface area contributed by atoms with Crippen LogP contribution in [-0.2, 0) is 13.0 Å². The van der Waals surface area contributed by atoms with Gasteiger partial charge in [0.2, 0.25) is 11.8 Å². The smallest absolute Gasteiger partial charge is 0.247 e. The summed E-state index contributed by atoms with van der Waals surface area (Å²) >= 11 is 0. The summed E-state index contributed by atoms with van der Waals surface area (Å²) in [7, 11) is 1.65. The molecule has 2 aromatic carbocycles. The fraction of sp³-hybridized carbons (Fsp3) is 0.444. The summed E-state index contributed by atoms with van der Waals surface area (Å²) in [6.45, 7) is 2.97. The maximum atomic E-state index is 13.1. The van der Waals surface area contributed by atoms with Crippen LogP contribution in [0.5, 0.6) is 11.5 Å². The molecular formula is C27H31N3O5. The second kappa shape index (κ2) is 10.2. The molecule has 1 saturated carbocycles. The third-order valence-corrected chi connectivity index (χ3v) is 6.74. The van der Waals surface area contributed by atoms with Gasteiger partial charge in [-0.25, -0.2) is 0 Å². The molecule has 1 aliphatic heterocycles. The van der Waals surface area contributed by atoms with Crippen LogP contribution in [0.25, 0.3) is 11.5 Å². The number of Topliss-reactive ketones (excluding diaryl/α,β-unsaturated/α-hetero) is 1. The monoisotopic (exact) mass is 477 g/mol. The second-order valence-corrected chi connectivity index (χ2v) is 9.22. The first-order chi connectivity index (χ1) is 17.1. The topological polar surface area (TPSA) is 107 Å². The van der Waals surface area contributed by atoms with Gasteiger partial charge in [0.1, 0.15) is 11.5 Å². The van der Waals surface area contributed by atoms with E-state index in [4.69, 9.17) is 13.9 Å². The molecule has 2 atom stereocenters. The molecule has 3 aromatic rings. The Morgan fingerprint density at radius 1 is 1.20 bits per heavy atom. The molecule has 2 N–H and O–H groups in total. The van der Waals surface area contributed by atoms with E-state index in [0.29, 0.717) is 55.0 Å². The predicted molar refractivity (Wildman–Crippen MR) is 130 cm³/mol. The number of aliphatic hydroxyl groups excluding tert-OH is 1. The molecule has 8 heteroatoms. The number of nitrogens with one attached hydrogen (secondary N) is 1. The molecular weight excluding hydrogens is 446 g/mol. The van der Waals surface area contributed by atoms with E-state index >= 15 is 0 Å². The summed E-state index contributed by atoms with van der Waals surface area (Å²) in [5, 5.41) is 22.5. The highest BCUT2D eigenvalue weighted by molar-refractivity contribution is 5.99. The summed E-state index contributed by atoms with van der Waals surface area (Å²) < 4.78 is 16.9. The van der Waals surface area contributed by atoms with E-state index in [9.17, 15) is 9.90 Å². The Balaban J connectivity index is 1.23. The zero-order valence-corrected chi connectivity index (χ0v) is 20.1. The number of fused-ring (bicyclic) bond motifs is 1. The van der Waals surface area contributed by atoms with E-state index in [-0.39, 0.29) is 18.2 Å². The lowest BCUT2D eigenvalue weighted by molar-refractivity contribution is 0.0874. The number of rotatable bonds is 10. The number of aliphatic hydroxyl groups is 1. The van der Waals surface area contributed by atoms with E-state index < -0.39 is 6.10 Å². The van der Waals surface area contributed by atoms with Crippen LogP contribution in [0.4, 0.5) is 0 Å². The minimum atomic E-state index is -0.636. The number of carbonyl (C=O) groups is 1. The van der Waals surface area contributed by atoms with Crippen molar-refractivity contribution < 1.29 is 23.8 Å². The van der Waals surface area contributed by atoms with Gasteiger partial charge in [-0.3, -0.25) is 4.79 Å². The van der Waals surface area contributed by atoms with Gasteiger partial charge in [-0.05, 0) is 74.1 Å². The van der Waals surface area contributed by atoms with Gasteiger partial charge < -0.3 is 24.3 Å². The Labute approximate surface area is 204 Å². The second-order valence-electron chi connectivity index (χ2n) is 9.22. The summed E-state index contributed by atoms with van der Waals surface area (Å²) in [6, 6.07) is 11.3. The Bertz CT molecular complexity index is 1200. The zero-order chi connectivity index (χ0) is 24.4. The summed E-state index contributed by atoms with van der Waals surface area (Å²) in [5.41, 5.74) is 3.60. The van der Waals surface area contributed by atoms with Crippen LogP contribution in [0.2, 0.25) is 0 Å². The molecule has 5 rings (SSSR count). The summed E-state index contributed by atoms with van der Waals surface area (Å²) in [6.07, 6.45) is 2.83. The van der Waals surface area contributed by atoms with Crippen LogP contribution in [0.1, 0.15) is 65.9 Å². The van der Waals surface area contributed by atoms with Crippen molar-refractivity contribution in [1.29, 1.82) is 0 Å². The van der Waals surface area contributed by atoms with Gasteiger partial charge in [0.05, 0.1) is 25.4 Å². The summed E-state index contributed by atoms with van der Waals surface area (Å²) in [5.74, 6) is 2.74. The lowest BCUT2D eigenvalue weighted by Gasteiger charge is -2.30. The van der Waals surface area contributed by atoms with Gasteiger partial charge >= 0.3 is 0 Å². The zero-order valence-electron chi connectivity index (χ0n) is 20.1. The highest BCUT2D eigenvalue weighted by atomic mass is 16.5. The van der Waals surface area contributed by atoms with Crippen LogP contribution < -0.4 is 14.8 Å². The molecule has 1 aliphatic carbocycles. The molecule has 35 heavy (non-hydrogen) atoms. The first kappa shape index (κ1) is 23.5. The van der Waals surface area contributed by atoms with Crippen molar-refractivity contribution in [3.63, 3.8) is 0 Å². The molecule has 1 aromatic heterocycles. The van der Waals surface area contributed by atoms with Gasteiger partial charge in [0.25, 0.3) is 0 Å². The van der Waals surface area contributed by atoms with Crippen molar-refractivity contribution >= 4 is 5.78 Å². The van der Waals surface area contributed by atoms with E-state index in [2.05, 4.69) is 15.5 Å². The van der Waals surface area contributed by atoms with Gasteiger partial charge in [0, 0.05) is 30.5 Å². The standard InChI is InChI=1S/C27H31N3O5/c1-3-34-25-14-18(27-30-29-26(35-27)16-4-5-16)7-9-21(25)23(31)10-11-24(32)22-13-17-6-8-20(33-2)12-19(17)15-28-22/h6-9,12,14,16,22,24,28,32H,3-5,10-11,13,15H2,1-2H3/t22-,24+/m0/s1. The number of hydrogen-bond acceptors (Lipinski definition) is 8. The number of aromatic nitrogens is 2. The van der Waals surface area contributed by atoms with Crippen LogP contribution in [0.15, 0.2) is 40.8 Å². The number of benzene rings is 2. The molecule has 0 radical (unpaired) electrons. The Morgan fingerprint density at radius 2 is 2.06 bits per heavy atom. The highest BCUT2D eigenvalue weighted by Crippen LogP contribution is 2.40. The van der Waals surface area contributed by atoms with E-state index in [0.717, 1.165) is 24.2 Å². The van der Waals surface area contributed by atoms with Gasteiger partial charge in [-0.2, -0.15) is 0 Å². The number of methoxy groups -OCH3 is 1. The number of nitrogens with zero attached hydrogens (tertiary/aromatic N) is 2. The number of ketones is 1. The number of ether oxygens (including phenoxy) is 2. The lowest BCUT2D eigenvalue weighted by atomic mass is 9.90. The fourth-order valence-corrected chi connectivity index (χ4v) is 4.54. The first-order valence-corrected chi connectivity index (χ1v) is 12.3. The van der Waals surface area contributed by atoms with Crippen molar-refractivity contribution in [1.82, 2.24) is 15.5 Å². The lowest BCUT2D eigenvalue weighted by Crippen LogP contribution is -2.44. The van der Waals surface area contributed by atoms with Crippen molar-refractivity contribution in [2.24, 2.45) is 0 Å². The quantitative estimate of drug-likeness (QED) is 0.421. The third kappa shape index (κ3) is 5.23. The Kier molecular flexibility index (Phi) is 6.83. The number of hydrogen-bond donors (Lipinski definition) is 2. The highest BCUT2D eigenvalue weighted by Gasteiger charge is 2.30. The van der Waals surface area contributed by atoms with Crippen LogP contribution in [0.3, 0.4) is 0 Å². The molecule has 0 unspecified atom stereocenters. The third-order valence-electron chi connectivity index (χ3n) is 6.74. The predicted octanol–water partition coefficient (Wildman–Crippen LogP) is 4.06. The van der Waals surface area contributed by atoms with Gasteiger partial charge in [-0.1, -0.05) is 6.07 Å². The SMILES string of the molecule is CCOc1cc(-c2nnc(C3CC3)o2)ccc1C(=O)CC[C@@H](O)[C@@H]1Cc2ccc(OC)cc2CN1. The average Bonchev–Trinajstić information content (AvgIpc) is 3.62. The maximum Gasteiger partial charge on any atom is 0.247 e. The average molecular weight is 478 g/mol. The van der Waals surface area contributed by atoms with Gasteiger partial charge in [0.15, 0.2) is 5.78 Å². The molecule has 2 heterocycles. The molecule has 184 valence electrons. The molecule has 1 fully saturated rings. The van der Waals surface area contributed by atoms with Crippen molar-refractivity contribution in [2.45, 2.75) is 63.6 Å². The molecule has 0 saturated heterocycles. The van der Waals surface area contributed by atoms with E-state index in [1.165, 1.54) is 11.1 Å². The fourth-order valence-electron chi connectivity index (χ4n) is 4.54. The molecule has 0 spiro atoms. The summed E-state index contributed by atoms with van der Waals surface area (Å²) in [4.78, 5) is 13.1. The van der Waals surface area contributed by atoms with Crippen molar-refractivity contribution in [2.75, 3.05) is 13.7 Å². The van der Waals surface area contributed by atoms with Crippen molar-refractivity contribution in [3.8, 4) is 23.0 Å². The minimum absolute atomic E-state index is 0.0656. The van der Waals surface area contributed by atoms with Gasteiger partial charge in [-0.15, -0.1) is 10.2 Å². The molecule has 0 amide bonds. The first-order valence-electron chi connectivity index (χ1n) is 12.3. The number of carbonyl (C=O) groups excluding carboxylic acids is 1.